The van der Waals surface area contributed by atoms with Gasteiger partial charge in [0.15, 0.2) is 0 Å². The third-order valence-electron chi connectivity index (χ3n) is 4.82. The van der Waals surface area contributed by atoms with Gasteiger partial charge in [0.1, 0.15) is 5.75 Å². The van der Waals surface area contributed by atoms with Crippen molar-refractivity contribution in [2.24, 2.45) is 5.92 Å². The van der Waals surface area contributed by atoms with E-state index in [4.69, 9.17) is 16.3 Å². The van der Waals surface area contributed by atoms with Gasteiger partial charge in [-0.05, 0) is 62.7 Å². The summed E-state index contributed by atoms with van der Waals surface area (Å²) in [6, 6.07) is 12.2. The van der Waals surface area contributed by atoms with E-state index < -0.39 is 0 Å². The molecule has 1 aliphatic heterocycles. The van der Waals surface area contributed by atoms with Crippen LogP contribution in [0.2, 0.25) is 5.02 Å². The van der Waals surface area contributed by atoms with Crippen molar-refractivity contribution in [1.29, 1.82) is 0 Å². The fourth-order valence-corrected chi connectivity index (χ4v) is 3.48. The Balaban J connectivity index is 1.47. The summed E-state index contributed by atoms with van der Waals surface area (Å²) in [4.78, 5) is 2.59. The van der Waals surface area contributed by atoms with Crippen molar-refractivity contribution in [2.75, 3.05) is 26.2 Å². The average Bonchev–Trinajstić information content (AvgIpc) is 2.58. The van der Waals surface area contributed by atoms with Gasteiger partial charge in [-0.3, -0.25) is 0 Å². The molecule has 2 nitrogen and oxygen atoms in total. The first-order valence-electron chi connectivity index (χ1n) is 8.76. The molecule has 124 valence electrons. The first-order chi connectivity index (χ1) is 11.2. The monoisotopic (exact) mass is 331 g/mol. The number of nitrogens with zero attached hydrogens (tertiary/aromatic N) is 1. The highest BCUT2D eigenvalue weighted by atomic mass is 35.5. The molecule has 1 fully saturated rings. The maximum Gasteiger partial charge on any atom is 0.145 e. The van der Waals surface area contributed by atoms with E-state index in [1.807, 2.05) is 24.3 Å². The minimum atomic E-state index is 0.703. The van der Waals surface area contributed by atoms with Gasteiger partial charge in [0.05, 0.1) is 11.6 Å². The van der Waals surface area contributed by atoms with Crippen LogP contribution in [0.15, 0.2) is 36.4 Å². The van der Waals surface area contributed by atoms with Crippen LogP contribution in [0.25, 0.3) is 10.8 Å². The number of piperidine rings is 1. The molecule has 0 bridgehead atoms. The molecule has 0 unspecified atom stereocenters. The molecule has 0 N–H and O–H groups in total. The van der Waals surface area contributed by atoms with Crippen molar-refractivity contribution in [1.82, 2.24) is 4.90 Å². The van der Waals surface area contributed by atoms with Crippen LogP contribution in [0.1, 0.15) is 32.6 Å². The molecular weight excluding hydrogens is 306 g/mol. The SMILES string of the molecule is CC1CCN(CCCCOc2c(Cl)ccc3ccccc23)CC1. The van der Waals surface area contributed by atoms with Crippen LogP contribution in [-0.4, -0.2) is 31.1 Å². The van der Waals surface area contributed by atoms with Gasteiger partial charge >= 0.3 is 0 Å². The minimum Gasteiger partial charge on any atom is -0.491 e. The van der Waals surface area contributed by atoms with E-state index in [1.165, 1.54) is 44.3 Å². The second-order valence-corrected chi connectivity index (χ2v) is 7.08. The molecular formula is C20H26ClNO. The van der Waals surface area contributed by atoms with E-state index in [1.54, 1.807) is 0 Å². The Morgan fingerprint density at radius 2 is 1.87 bits per heavy atom. The van der Waals surface area contributed by atoms with E-state index in [-0.39, 0.29) is 0 Å². The summed E-state index contributed by atoms with van der Waals surface area (Å²) in [5, 5.41) is 2.98. The molecule has 0 aliphatic carbocycles. The summed E-state index contributed by atoms with van der Waals surface area (Å²) in [5.74, 6) is 1.74. The quantitative estimate of drug-likeness (QED) is 0.658. The third-order valence-corrected chi connectivity index (χ3v) is 5.12. The van der Waals surface area contributed by atoms with Crippen molar-refractivity contribution >= 4 is 22.4 Å². The lowest BCUT2D eigenvalue weighted by Gasteiger charge is -2.30. The number of ether oxygens (including phenoxy) is 1. The molecule has 23 heavy (non-hydrogen) atoms. The normalized spacial score (nSPS) is 16.8. The van der Waals surface area contributed by atoms with Crippen molar-refractivity contribution in [3.8, 4) is 5.75 Å². The number of rotatable bonds is 6. The van der Waals surface area contributed by atoms with Crippen molar-refractivity contribution < 1.29 is 4.74 Å². The number of unbranched alkanes of at least 4 members (excludes halogenated alkanes) is 1. The Kier molecular flexibility index (Phi) is 5.80. The van der Waals surface area contributed by atoms with Crippen molar-refractivity contribution in [3.05, 3.63) is 41.4 Å². The van der Waals surface area contributed by atoms with E-state index in [9.17, 15) is 0 Å². The topological polar surface area (TPSA) is 12.5 Å². The third kappa shape index (κ3) is 4.39. The Morgan fingerprint density at radius 3 is 2.70 bits per heavy atom. The van der Waals surface area contributed by atoms with E-state index in [2.05, 4.69) is 24.0 Å². The second-order valence-electron chi connectivity index (χ2n) is 6.68. The molecule has 3 heteroatoms. The maximum atomic E-state index is 6.32. The standard InChI is InChI=1S/C20H26ClNO/c1-16-10-13-22(14-11-16)12-4-5-15-23-20-18-7-3-2-6-17(18)8-9-19(20)21/h2-3,6-9,16H,4-5,10-15H2,1H3. The molecule has 1 heterocycles. The van der Waals surface area contributed by atoms with Gasteiger partial charge in [0.2, 0.25) is 0 Å². The first-order valence-corrected chi connectivity index (χ1v) is 9.14. The Hall–Kier alpha value is -1.25. The zero-order valence-corrected chi connectivity index (χ0v) is 14.7. The molecule has 0 aromatic heterocycles. The van der Waals surface area contributed by atoms with Crippen molar-refractivity contribution in [2.45, 2.75) is 32.6 Å². The highest BCUT2D eigenvalue weighted by Crippen LogP contribution is 2.33. The van der Waals surface area contributed by atoms with Gasteiger partial charge in [-0.1, -0.05) is 48.9 Å². The molecule has 1 aliphatic rings. The van der Waals surface area contributed by atoms with Crippen LogP contribution in [-0.2, 0) is 0 Å². The van der Waals surface area contributed by atoms with E-state index in [0.717, 1.165) is 30.1 Å². The van der Waals surface area contributed by atoms with Crippen LogP contribution in [0.5, 0.6) is 5.75 Å². The van der Waals surface area contributed by atoms with Crippen LogP contribution in [0.4, 0.5) is 0 Å². The Morgan fingerprint density at radius 1 is 1.09 bits per heavy atom. The van der Waals surface area contributed by atoms with Gasteiger partial charge in [0, 0.05) is 5.39 Å². The number of halogens is 1. The lowest BCUT2D eigenvalue weighted by atomic mass is 9.99. The predicted molar refractivity (Wildman–Crippen MR) is 98.5 cm³/mol. The number of benzene rings is 2. The lowest BCUT2D eigenvalue weighted by molar-refractivity contribution is 0.185. The van der Waals surface area contributed by atoms with Crippen LogP contribution in [0.3, 0.4) is 0 Å². The van der Waals surface area contributed by atoms with Crippen LogP contribution in [0, 0.1) is 5.92 Å². The predicted octanol–water partition coefficient (Wildman–Crippen LogP) is 5.38. The molecule has 2 aromatic rings. The molecule has 3 rings (SSSR count). The van der Waals surface area contributed by atoms with Gasteiger partial charge in [-0.2, -0.15) is 0 Å². The fraction of sp³-hybridized carbons (Fsp3) is 0.500. The maximum absolute atomic E-state index is 6.32. The largest absolute Gasteiger partial charge is 0.491 e. The van der Waals surface area contributed by atoms with E-state index in [0.29, 0.717) is 5.02 Å². The fourth-order valence-electron chi connectivity index (χ4n) is 3.26. The smallest absolute Gasteiger partial charge is 0.145 e. The molecule has 0 saturated carbocycles. The summed E-state index contributed by atoms with van der Waals surface area (Å²) in [7, 11) is 0. The van der Waals surface area contributed by atoms with Crippen LogP contribution < -0.4 is 4.74 Å². The summed E-state index contributed by atoms with van der Waals surface area (Å²) >= 11 is 6.32. The number of hydrogen-bond donors (Lipinski definition) is 0. The average molecular weight is 332 g/mol. The Labute approximate surface area is 144 Å². The van der Waals surface area contributed by atoms with Gasteiger partial charge in [0.25, 0.3) is 0 Å². The summed E-state index contributed by atoms with van der Waals surface area (Å²) < 4.78 is 6.01. The molecule has 0 amide bonds. The van der Waals surface area contributed by atoms with Crippen molar-refractivity contribution in [3.63, 3.8) is 0 Å². The zero-order chi connectivity index (χ0) is 16.1. The zero-order valence-electron chi connectivity index (χ0n) is 13.9. The molecule has 2 aromatic carbocycles. The molecule has 0 atom stereocenters. The van der Waals surface area contributed by atoms with Gasteiger partial charge in [-0.15, -0.1) is 0 Å². The highest BCUT2D eigenvalue weighted by molar-refractivity contribution is 6.33. The molecule has 0 radical (unpaired) electrons. The van der Waals surface area contributed by atoms with Gasteiger partial charge in [-0.25, -0.2) is 0 Å². The first kappa shape index (κ1) is 16.6. The van der Waals surface area contributed by atoms with E-state index >= 15 is 0 Å². The van der Waals surface area contributed by atoms with Crippen LogP contribution >= 0.6 is 11.6 Å². The summed E-state index contributed by atoms with van der Waals surface area (Å²) in [5.41, 5.74) is 0. The Bertz CT molecular complexity index is 635. The number of hydrogen-bond acceptors (Lipinski definition) is 2. The highest BCUT2D eigenvalue weighted by Gasteiger charge is 2.14. The molecule has 1 saturated heterocycles. The summed E-state index contributed by atoms with van der Waals surface area (Å²) in [6.07, 6.45) is 4.96. The molecule has 0 spiro atoms. The summed E-state index contributed by atoms with van der Waals surface area (Å²) in [6.45, 7) is 6.81. The number of fused-ring (bicyclic) bond motifs is 1. The van der Waals surface area contributed by atoms with Gasteiger partial charge < -0.3 is 9.64 Å². The second kappa shape index (κ2) is 8.03. The lowest BCUT2D eigenvalue weighted by Crippen LogP contribution is -2.33. The minimum absolute atomic E-state index is 0.703. The number of likely N-dealkylation sites (tertiary alicyclic amines) is 1.